The van der Waals surface area contributed by atoms with Gasteiger partial charge in [0.25, 0.3) is 0 Å². The minimum absolute atomic E-state index is 0.0124. The summed E-state index contributed by atoms with van der Waals surface area (Å²) in [5, 5.41) is 8.63. The highest BCUT2D eigenvalue weighted by molar-refractivity contribution is 7.89. The lowest BCUT2D eigenvalue weighted by Gasteiger charge is -2.19. The second-order valence-electron chi connectivity index (χ2n) is 5.03. The maximum absolute atomic E-state index is 12.4. The van der Waals surface area contributed by atoms with Crippen molar-refractivity contribution >= 4 is 26.0 Å². The van der Waals surface area contributed by atoms with E-state index in [0.29, 0.717) is 13.1 Å². The fourth-order valence-corrected chi connectivity index (χ4v) is 4.68. The number of nitrogens with zero attached hydrogens (tertiary/aromatic N) is 2. The molecule has 0 bridgehead atoms. The van der Waals surface area contributed by atoms with Crippen LogP contribution in [0.4, 0.5) is 0 Å². The monoisotopic (exact) mass is 378 g/mol. The minimum Gasteiger partial charge on any atom is -0.481 e. The van der Waals surface area contributed by atoms with E-state index < -0.39 is 26.0 Å². The summed E-state index contributed by atoms with van der Waals surface area (Å²) in [4.78, 5) is 10.5. The first-order valence-corrected chi connectivity index (χ1v) is 10.2. The molecular weight excluding hydrogens is 356 g/mol. The van der Waals surface area contributed by atoms with Gasteiger partial charge in [0.2, 0.25) is 20.0 Å². The Balaban J connectivity index is 3.08. The summed E-state index contributed by atoms with van der Waals surface area (Å²) in [6.07, 6.45) is -0.315. The molecule has 8 nitrogen and oxygen atoms in total. The second-order valence-corrected chi connectivity index (χ2v) is 9.01. The first-order chi connectivity index (χ1) is 11.1. The van der Waals surface area contributed by atoms with E-state index in [0.717, 1.165) is 4.31 Å². The average molecular weight is 378 g/mol. The number of aliphatic carboxylic acids is 1. The van der Waals surface area contributed by atoms with Crippen LogP contribution < -0.4 is 0 Å². The van der Waals surface area contributed by atoms with Gasteiger partial charge in [0, 0.05) is 26.7 Å². The van der Waals surface area contributed by atoms with E-state index >= 15 is 0 Å². The molecule has 24 heavy (non-hydrogen) atoms. The number of sulfonamides is 2. The molecule has 1 rings (SSSR count). The summed E-state index contributed by atoms with van der Waals surface area (Å²) in [5.41, 5.74) is 0. The summed E-state index contributed by atoms with van der Waals surface area (Å²) in [6, 6.07) is 4.91. The molecule has 0 radical (unpaired) electrons. The Morgan fingerprint density at radius 3 is 1.75 bits per heavy atom. The number of carboxylic acid groups (broad SMARTS) is 1. The molecule has 0 fully saturated rings. The second kappa shape index (κ2) is 8.06. The molecule has 0 saturated heterocycles. The normalized spacial score (nSPS) is 12.7. The van der Waals surface area contributed by atoms with E-state index in [4.69, 9.17) is 5.11 Å². The number of carbonyl (C=O) groups is 1. The Labute approximate surface area is 142 Å². The quantitative estimate of drug-likeness (QED) is 0.681. The highest BCUT2D eigenvalue weighted by Gasteiger charge is 2.24. The largest absolute Gasteiger partial charge is 0.481 e. The molecule has 10 heteroatoms. The van der Waals surface area contributed by atoms with Gasteiger partial charge < -0.3 is 5.11 Å². The van der Waals surface area contributed by atoms with Crippen LogP contribution in [0.25, 0.3) is 0 Å². The first kappa shape index (κ1) is 20.6. The number of hydrogen-bond donors (Lipinski definition) is 1. The van der Waals surface area contributed by atoms with Crippen LogP contribution in [0, 0.1) is 0 Å². The molecule has 0 spiro atoms. The van der Waals surface area contributed by atoms with Crippen LogP contribution in [0.2, 0.25) is 0 Å². The van der Waals surface area contributed by atoms with Gasteiger partial charge in [-0.3, -0.25) is 4.79 Å². The van der Waals surface area contributed by atoms with E-state index in [1.165, 1.54) is 35.6 Å². The number of rotatable bonds is 9. The van der Waals surface area contributed by atoms with Gasteiger partial charge in [-0.25, -0.2) is 21.1 Å². The molecule has 0 aliphatic heterocycles. The third kappa shape index (κ3) is 4.53. The van der Waals surface area contributed by atoms with Gasteiger partial charge in [-0.05, 0) is 24.3 Å². The van der Waals surface area contributed by atoms with E-state index in [1.54, 1.807) is 13.8 Å². The van der Waals surface area contributed by atoms with Crippen LogP contribution in [0.1, 0.15) is 20.3 Å². The van der Waals surface area contributed by atoms with Crippen molar-refractivity contribution in [2.24, 2.45) is 0 Å². The molecule has 136 valence electrons. The zero-order valence-corrected chi connectivity index (χ0v) is 15.5. The molecule has 0 aromatic heterocycles. The Bertz CT molecular complexity index is 768. The molecule has 0 heterocycles. The molecular formula is C14H22N2O6S2. The van der Waals surface area contributed by atoms with Crippen molar-refractivity contribution < 1.29 is 26.7 Å². The Morgan fingerprint density at radius 1 is 0.958 bits per heavy atom. The van der Waals surface area contributed by atoms with Crippen molar-refractivity contribution in [1.29, 1.82) is 0 Å². The molecule has 0 unspecified atom stereocenters. The van der Waals surface area contributed by atoms with Crippen molar-refractivity contribution in [3.8, 4) is 0 Å². The fourth-order valence-electron chi connectivity index (χ4n) is 2.05. The van der Waals surface area contributed by atoms with Crippen molar-refractivity contribution in [2.75, 3.05) is 26.7 Å². The summed E-state index contributed by atoms with van der Waals surface area (Å²) in [7, 11) is -6.25. The lowest BCUT2D eigenvalue weighted by Crippen LogP contribution is -2.31. The molecule has 1 aromatic rings. The third-order valence-corrected chi connectivity index (χ3v) is 7.45. The number of benzene rings is 1. The minimum atomic E-state index is -3.87. The van der Waals surface area contributed by atoms with Gasteiger partial charge in [0.05, 0.1) is 16.2 Å². The summed E-state index contributed by atoms with van der Waals surface area (Å²) in [5.74, 6) is -1.10. The van der Waals surface area contributed by atoms with Gasteiger partial charge in [0.1, 0.15) is 0 Å². The van der Waals surface area contributed by atoms with E-state index in [-0.39, 0.29) is 22.8 Å². The molecule has 1 aromatic carbocycles. The van der Waals surface area contributed by atoms with Crippen LogP contribution >= 0.6 is 0 Å². The highest BCUT2D eigenvalue weighted by Crippen LogP contribution is 2.20. The van der Waals surface area contributed by atoms with Gasteiger partial charge in [0.15, 0.2) is 0 Å². The van der Waals surface area contributed by atoms with Crippen molar-refractivity contribution in [3.63, 3.8) is 0 Å². The van der Waals surface area contributed by atoms with Crippen LogP contribution in [-0.4, -0.2) is 63.2 Å². The fraction of sp³-hybridized carbons (Fsp3) is 0.500. The van der Waals surface area contributed by atoms with E-state index in [1.807, 2.05) is 0 Å². The van der Waals surface area contributed by atoms with E-state index in [2.05, 4.69) is 0 Å². The van der Waals surface area contributed by atoms with Crippen molar-refractivity contribution in [2.45, 2.75) is 30.1 Å². The molecule has 0 amide bonds. The zero-order chi connectivity index (χ0) is 18.5. The Kier molecular flexibility index (Phi) is 6.90. The molecule has 1 N–H and O–H groups in total. The molecule has 0 aliphatic carbocycles. The smallest absolute Gasteiger partial charge is 0.304 e. The lowest BCUT2D eigenvalue weighted by molar-refractivity contribution is -0.137. The Hall–Kier alpha value is -1.49. The first-order valence-electron chi connectivity index (χ1n) is 7.35. The predicted octanol–water partition coefficient (Wildman–Crippen LogP) is 0.812. The van der Waals surface area contributed by atoms with Crippen LogP contribution in [0.5, 0.6) is 0 Å². The van der Waals surface area contributed by atoms with Gasteiger partial charge >= 0.3 is 5.97 Å². The van der Waals surface area contributed by atoms with Crippen LogP contribution in [-0.2, 0) is 24.8 Å². The highest BCUT2D eigenvalue weighted by atomic mass is 32.2. The zero-order valence-electron chi connectivity index (χ0n) is 13.8. The van der Waals surface area contributed by atoms with Crippen LogP contribution in [0.15, 0.2) is 34.1 Å². The topological polar surface area (TPSA) is 112 Å². The average Bonchev–Trinajstić information content (AvgIpc) is 2.53. The molecule has 0 atom stereocenters. The van der Waals surface area contributed by atoms with Gasteiger partial charge in [-0.2, -0.15) is 4.31 Å². The molecule has 0 saturated carbocycles. The van der Waals surface area contributed by atoms with Crippen molar-refractivity contribution in [1.82, 2.24) is 8.61 Å². The Morgan fingerprint density at radius 2 is 1.38 bits per heavy atom. The maximum Gasteiger partial charge on any atom is 0.304 e. The summed E-state index contributed by atoms with van der Waals surface area (Å²) >= 11 is 0. The predicted molar refractivity (Wildman–Crippen MR) is 88.6 cm³/mol. The summed E-state index contributed by atoms with van der Waals surface area (Å²) in [6.45, 7) is 3.90. The van der Waals surface area contributed by atoms with Crippen LogP contribution in [0.3, 0.4) is 0 Å². The van der Waals surface area contributed by atoms with Gasteiger partial charge in [-0.1, -0.05) is 13.8 Å². The van der Waals surface area contributed by atoms with E-state index in [9.17, 15) is 21.6 Å². The standard InChI is InChI=1S/C14H22N2O6S2/c1-4-16(5-2)24(21,22)13-8-6-12(7-9-13)23(19,20)15(3)11-10-14(17)18/h6-9H,4-5,10-11H2,1-3H3,(H,17,18). The third-order valence-electron chi connectivity index (χ3n) is 3.52. The maximum atomic E-state index is 12.4. The number of hydrogen-bond acceptors (Lipinski definition) is 5. The number of carboxylic acids is 1. The SMILES string of the molecule is CCN(CC)S(=O)(=O)c1ccc(S(=O)(=O)N(C)CCC(=O)O)cc1. The molecule has 0 aliphatic rings. The van der Waals surface area contributed by atoms with Crippen molar-refractivity contribution in [3.05, 3.63) is 24.3 Å². The summed E-state index contributed by atoms with van der Waals surface area (Å²) < 4.78 is 51.6. The van der Waals surface area contributed by atoms with Gasteiger partial charge in [-0.15, -0.1) is 0 Å². The lowest BCUT2D eigenvalue weighted by atomic mass is 10.4.